The third-order valence-electron chi connectivity index (χ3n) is 10.8. The fraction of sp³-hybridized carbons (Fsp3) is 0. The number of pyridine rings is 1. The molecular weight excluding hydrogens is 683 g/mol. The maximum absolute atomic E-state index is 5.12. The summed E-state index contributed by atoms with van der Waals surface area (Å²) in [5.74, 6) is 0.687. The van der Waals surface area contributed by atoms with Gasteiger partial charge in [-0.05, 0) is 72.8 Å². The van der Waals surface area contributed by atoms with Crippen molar-refractivity contribution in [3.05, 3.63) is 200 Å². The Bertz CT molecular complexity index is 3180. The van der Waals surface area contributed by atoms with Crippen LogP contribution in [0.5, 0.6) is 0 Å². The minimum absolute atomic E-state index is 0.687. The van der Waals surface area contributed by atoms with Crippen LogP contribution in [-0.2, 0) is 0 Å². The van der Waals surface area contributed by atoms with Gasteiger partial charge in [0.25, 0.3) is 0 Å². The molecule has 4 heterocycles. The van der Waals surface area contributed by atoms with E-state index < -0.39 is 0 Å². The first-order valence-corrected chi connectivity index (χ1v) is 18.9. The van der Waals surface area contributed by atoms with Crippen molar-refractivity contribution in [3.63, 3.8) is 0 Å². The first-order chi connectivity index (χ1) is 27.8. The number of aromatic nitrogens is 5. The summed E-state index contributed by atoms with van der Waals surface area (Å²) in [4.78, 5) is 14.8. The lowest BCUT2D eigenvalue weighted by Crippen LogP contribution is -1.97. The van der Waals surface area contributed by atoms with E-state index in [1.807, 2.05) is 42.6 Å². The molecule has 0 spiro atoms. The van der Waals surface area contributed by atoms with Gasteiger partial charge in [0, 0.05) is 61.4 Å². The number of fused-ring (bicyclic) bond motifs is 6. The van der Waals surface area contributed by atoms with E-state index in [0.717, 1.165) is 61.7 Å². The molecule has 0 fully saturated rings. The molecule has 0 aliphatic carbocycles. The van der Waals surface area contributed by atoms with Gasteiger partial charge in [-0.25, -0.2) is 9.97 Å². The highest BCUT2D eigenvalue weighted by Gasteiger charge is 2.17. The molecule has 0 radical (unpaired) electrons. The monoisotopic (exact) mass is 715 g/mol. The summed E-state index contributed by atoms with van der Waals surface area (Å²) in [6.45, 7) is 0. The van der Waals surface area contributed by atoms with Gasteiger partial charge >= 0.3 is 0 Å². The Morgan fingerprint density at radius 2 is 0.821 bits per heavy atom. The first-order valence-electron chi connectivity index (χ1n) is 18.9. The lowest BCUT2D eigenvalue weighted by molar-refractivity contribution is 1.16. The summed E-state index contributed by atoms with van der Waals surface area (Å²) >= 11 is 0. The Hall–Kier alpha value is -7.63. The molecule has 0 aliphatic heterocycles. The van der Waals surface area contributed by atoms with Crippen molar-refractivity contribution in [2.45, 2.75) is 0 Å². The maximum atomic E-state index is 5.12. The van der Waals surface area contributed by atoms with Crippen molar-refractivity contribution < 1.29 is 0 Å². The van der Waals surface area contributed by atoms with E-state index in [-0.39, 0.29) is 0 Å². The molecule has 262 valence electrons. The second-order valence-corrected chi connectivity index (χ2v) is 14.1. The molecule has 11 rings (SSSR count). The fourth-order valence-electron chi connectivity index (χ4n) is 8.19. The van der Waals surface area contributed by atoms with Crippen molar-refractivity contribution in [1.29, 1.82) is 0 Å². The zero-order valence-corrected chi connectivity index (χ0v) is 30.3. The van der Waals surface area contributed by atoms with Gasteiger partial charge in [-0.3, -0.25) is 4.98 Å². The molecule has 56 heavy (non-hydrogen) atoms. The molecule has 5 nitrogen and oxygen atoms in total. The van der Waals surface area contributed by atoms with Crippen molar-refractivity contribution in [1.82, 2.24) is 24.1 Å². The van der Waals surface area contributed by atoms with Crippen LogP contribution < -0.4 is 0 Å². The van der Waals surface area contributed by atoms with Crippen molar-refractivity contribution in [2.75, 3.05) is 0 Å². The summed E-state index contributed by atoms with van der Waals surface area (Å²) in [6.07, 6.45) is 1.82. The SMILES string of the molecule is c1ccc(-c2nc(-c3ccc(-n4c5ccccc5c5cc(-n6c7ccccc7c7ccccc76)ccc54)cc3)cc(-c3cccc(-c4ccccn4)c3)n2)cc1. The number of rotatable bonds is 6. The summed E-state index contributed by atoms with van der Waals surface area (Å²) in [5, 5.41) is 4.95. The van der Waals surface area contributed by atoms with Crippen LogP contribution in [0.25, 0.3) is 100 Å². The van der Waals surface area contributed by atoms with Crippen molar-refractivity contribution in [3.8, 4) is 56.5 Å². The second kappa shape index (κ2) is 13.0. The van der Waals surface area contributed by atoms with Crippen LogP contribution in [0.15, 0.2) is 200 Å². The molecule has 0 saturated carbocycles. The number of nitrogens with zero attached hydrogens (tertiary/aromatic N) is 5. The van der Waals surface area contributed by atoms with Gasteiger partial charge in [0.2, 0.25) is 0 Å². The normalized spacial score (nSPS) is 11.6. The molecule has 4 aromatic heterocycles. The molecule has 7 aromatic carbocycles. The maximum Gasteiger partial charge on any atom is 0.160 e. The molecule has 11 aromatic rings. The number of hydrogen-bond acceptors (Lipinski definition) is 3. The smallest absolute Gasteiger partial charge is 0.160 e. The Kier molecular flexibility index (Phi) is 7.42. The third kappa shape index (κ3) is 5.29. The Labute approximate surface area is 323 Å². The van der Waals surface area contributed by atoms with Gasteiger partial charge in [0.15, 0.2) is 5.82 Å². The molecule has 0 amide bonds. The number of para-hydroxylation sites is 3. The molecule has 0 bridgehead atoms. The van der Waals surface area contributed by atoms with Gasteiger partial charge in [-0.15, -0.1) is 0 Å². The van der Waals surface area contributed by atoms with Crippen LogP contribution >= 0.6 is 0 Å². The highest BCUT2D eigenvalue weighted by molar-refractivity contribution is 6.12. The van der Waals surface area contributed by atoms with Gasteiger partial charge < -0.3 is 9.13 Å². The summed E-state index contributed by atoms with van der Waals surface area (Å²) in [6, 6.07) is 68.3. The highest BCUT2D eigenvalue weighted by Crippen LogP contribution is 2.37. The fourth-order valence-corrected chi connectivity index (χ4v) is 8.19. The highest BCUT2D eigenvalue weighted by atomic mass is 15.0. The Balaban J connectivity index is 1.03. The summed E-state index contributed by atoms with van der Waals surface area (Å²) in [7, 11) is 0. The first kappa shape index (κ1) is 31.9. The molecule has 0 atom stereocenters. The summed E-state index contributed by atoms with van der Waals surface area (Å²) in [5.41, 5.74) is 13.7. The minimum Gasteiger partial charge on any atom is -0.309 e. The van der Waals surface area contributed by atoms with Gasteiger partial charge in [-0.2, -0.15) is 0 Å². The molecule has 0 aliphatic rings. The molecule has 0 unspecified atom stereocenters. The van der Waals surface area contributed by atoms with Gasteiger partial charge in [0.1, 0.15) is 0 Å². The van der Waals surface area contributed by atoms with E-state index in [1.165, 1.54) is 32.6 Å². The largest absolute Gasteiger partial charge is 0.309 e. The quantitative estimate of drug-likeness (QED) is 0.172. The van der Waals surface area contributed by atoms with E-state index in [4.69, 9.17) is 9.97 Å². The average molecular weight is 716 g/mol. The number of benzene rings is 7. The van der Waals surface area contributed by atoms with Crippen LogP contribution in [0.1, 0.15) is 0 Å². The standard InChI is InChI=1S/C51H33N5/c1-2-13-35(14-3-1)51-53-45(33-46(54-51)37-16-12-15-36(31-37)44-20-10-11-30-52-44)34-24-26-38(27-25-34)55-49-23-9-6-19-42(49)43-32-39(28-29-50(43)55)56-47-21-7-4-17-40(47)41-18-5-8-22-48(41)56/h1-33H. The van der Waals surface area contributed by atoms with Gasteiger partial charge in [0.05, 0.1) is 39.1 Å². The van der Waals surface area contributed by atoms with E-state index in [2.05, 4.69) is 172 Å². The Morgan fingerprint density at radius 1 is 0.304 bits per heavy atom. The summed E-state index contributed by atoms with van der Waals surface area (Å²) < 4.78 is 4.76. The van der Waals surface area contributed by atoms with E-state index in [1.54, 1.807) is 0 Å². The lowest BCUT2D eigenvalue weighted by Gasteiger charge is -2.12. The minimum atomic E-state index is 0.687. The van der Waals surface area contributed by atoms with Crippen LogP contribution in [-0.4, -0.2) is 24.1 Å². The van der Waals surface area contributed by atoms with Crippen LogP contribution in [0.3, 0.4) is 0 Å². The third-order valence-corrected chi connectivity index (χ3v) is 10.8. The molecular formula is C51H33N5. The lowest BCUT2D eigenvalue weighted by atomic mass is 10.0. The van der Waals surface area contributed by atoms with Crippen molar-refractivity contribution >= 4 is 43.6 Å². The zero-order valence-electron chi connectivity index (χ0n) is 30.3. The van der Waals surface area contributed by atoms with Crippen LogP contribution in [0, 0.1) is 0 Å². The predicted octanol–water partition coefficient (Wildman–Crippen LogP) is 12.7. The topological polar surface area (TPSA) is 48.5 Å². The molecule has 0 saturated heterocycles. The van der Waals surface area contributed by atoms with Crippen molar-refractivity contribution in [2.24, 2.45) is 0 Å². The zero-order chi connectivity index (χ0) is 37.0. The molecule has 0 N–H and O–H groups in total. The predicted molar refractivity (Wildman–Crippen MR) is 230 cm³/mol. The van der Waals surface area contributed by atoms with Gasteiger partial charge in [-0.1, -0.05) is 121 Å². The molecule has 5 heteroatoms. The van der Waals surface area contributed by atoms with E-state index >= 15 is 0 Å². The number of hydrogen-bond donors (Lipinski definition) is 0. The van der Waals surface area contributed by atoms with Crippen LogP contribution in [0.4, 0.5) is 0 Å². The van der Waals surface area contributed by atoms with E-state index in [9.17, 15) is 0 Å². The van der Waals surface area contributed by atoms with Crippen LogP contribution in [0.2, 0.25) is 0 Å². The Morgan fingerprint density at radius 3 is 1.48 bits per heavy atom. The average Bonchev–Trinajstić information content (AvgIpc) is 3.79. The second-order valence-electron chi connectivity index (χ2n) is 14.1. The van der Waals surface area contributed by atoms with E-state index in [0.29, 0.717) is 5.82 Å².